The van der Waals surface area contributed by atoms with Gasteiger partial charge in [-0.2, -0.15) is 0 Å². The van der Waals surface area contributed by atoms with Crippen LogP contribution in [0.2, 0.25) is 0 Å². The summed E-state index contributed by atoms with van der Waals surface area (Å²) in [5, 5.41) is 3.25. The average Bonchev–Trinajstić information content (AvgIpc) is 2.46. The summed E-state index contributed by atoms with van der Waals surface area (Å²) >= 11 is 0. The van der Waals surface area contributed by atoms with E-state index in [0.29, 0.717) is 5.56 Å². The van der Waals surface area contributed by atoms with Crippen LogP contribution >= 0.6 is 0 Å². The predicted octanol–water partition coefficient (Wildman–Crippen LogP) is 3.55. The third-order valence-corrected chi connectivity index (χ3v) is 3.48. The van der Waals surface area contributed by atoms with Crippen molar-refractivity contribution in [2.24, 2.45) is 0 Å². The van der Waals surface area contributed by atoms with Crippen molar-refractivity contribution in [3.63, 3.8) is 0 Å². The van der Waals surface area contributed by atoms with E-state index >= 15 is 0 Å². The second-order valence-electron chi connectivity index (χ2n) is 4.86. The van der Waals surface area contributed by atoms with Crippen molar-refractivity contribution in [3.8, 4) is 0 Å². The highest BCUT2D eigenvalue weighted by Crippen LogP contribution is 2.24. The fourth-order valence-electron chi connectivity index (χ4n) is 2.45. The van der Waals surface area contributed by atoms with Crippen molar-refractivity contribution in [2.75, 3.05) is 11.9 Å². The van der Waals surface area contributed by atoms with Gasteiger partial charge >= 0.3 is 0 Å². The molecule has 2 aromatic carbocycles. The molecule has 1 N–H and O–H groups in total. The predicted molar refractivity (Wildman–Crippen MR) is 73.0 cm³/mol. The van der Waals surface area contributed by atoms with Gasteiger partial charge in [0.25, 0.3) is 0 Å². The topological polar surface area (TPSA) is 29.1 Å². The zero-order valence-corrected chi connectivity index (χ0v) is 10.7. The van der Waals surface area contributed by atoms with Gasteiger partial charge in [0.1, 0.15) is 11.6 Å². The number of carbonyl (C=O) groups is 1. The molecule has 0 aromatic heterocycles. The van der Waals surface area contributed by atoms with Crippen molar-refractivity contribution in [2.45, 2.75) is 12.8 Å². The molecule has 0 bridgehead atoms. The lowest BCUT2D eigenvalue weighted by Gasteiger charge is -2.18. The van der Waals surface area contributed by atoms with Gasteiger partial charge in [0.2, 0.25) is 0 Å². The zero-order valence-electron chi connectivity index (χ0n) is 10.7. The third kappa shape index (κ3) is 2.29. The Bertz CT molecular complexity index is 682. The minimum Gasteiger partial charge on any atom is -0.385 e. The van der Waals surface area contributed by atoms with Crippen molar-refractivity contribution < 1.29 is 13.6 Å². The summed E-state index contributed by atoms with van der Waals surface area (Å²) in [6, 6.07) is 8.30. The van der Waals surface area contributed by atoms with Gasteiger partial charge in [0.05, 0.1) is 5.56 Å². The highest BCUT2D eigenvalue weighted by molar-refractivity contribution is 6.09. The molecular weight excluding hydrogens is 260 g/mol. The van der Waals surface area contributed by atoms with E-state index in [2.05, 4.69) is 5.32 Å². The van der Waals surface area contributed by atoms with Gasteiger partial charge in [-0.25, -0.2) is 8.78 Å². The molecule has 0 radical (unpaired) electrons. The number of ketones is 1. The Morgan fingerprint density at radius 1 is 1.10 bits per heavy atom. The van der Waals surface area contributed by atoms with E-state index in [0.717, 1.165) is 42.8 Å². The highest BCUT2D eigenvalue weighted by Gasteiger charge is 2.17. The van der Waals surface area contributed by atoms with Crippen LogP contribution in [0.25, 0.3) is 0 Å². The van der Waals surface area contributed by atoms with Gasteiger partial charge in [-0.15, -0.1) is 0 Å². The molecule has 0 spiro atoms. The molecule has 4 heteroatoms. The van der Waals surface area contributed by atoms with E-state index in [9.17, 15) is 13.6 Å². The van der Waals surface area contributed by atoms with E-state index in [-0.39, 0.29) is 5.56 Å². The minimum absolute atomic E-state index is 0.102. The second-order valence-corrected chi connectivity index (χ2v) is 4.86. The lowest BCUT2D eigenvalue weighted by molar-refractivity contribution is 0.103. The summed E-state index contributed by atoms with van der Waals surface area (Å²) in [5.74, 6) is -1.93. The van der Waals surface area contributed by atoms with Crippen molar-refractivity contribution >= 4 is 11.5 Å². The molecule has 1 heterocycles. The van der Waals surface area contributed by atoms with Crippen LogP contribution in [0.3, 0.4) is 0 Å². The fraction of sp³-hybridized carbons (Fsp3) is 0.188. The van der Waals surface area contributed by atoms with Gasteiger partial charge in [-0.3, -0.25) is 4.79 Å². The molecule has 2 nitrogen and oxygen atoms in total. The molecule has 20 heavy (non-hydrogen) atoms. The Hall–Kier alpha value is -2.23. The molecule has 0 atom stereocenters. The van der Waals surface area contributed by atoms with Crippen molar-refractivity contribution in [3.05, 3.63) is 64.7 Å². The molecule has 0 fully saturated rings. The first-order valence-electron chi connectivity index (χ1n) is 6.52. The normalized spacial score (nSPS) is 13.5. The van der Waals surface area contributed by atoms with Crippen LogP contribution in [0.1, 0.15) is 27.9 Å². The quantitative estimate of drug-likeness (QED) is 0.848. The van der Waals surface area contributed by atoms with Crippen LogP contribution in [0.15, 0.2) is 36.4 Å². The summed E-state index contributed by atoms with van der Waals surface area (Å²) in [6.45, 7) is 0.923. The SMILES string of the molecule is O=C(c1ccc2c(c1)CCCN2)c1ccc(F)cc1F. The van der Waals surface area contributed by atoms with Crippen LogP contribution in [-0.4, -0.2) is 12.3 Å². The molecule has 3 rings (SSSR count). The number of fused-ring (bicyclic) bond motifs is 1. The summed E-state index contributed by atoms with van der Waals surface area (Å²) in [4.78, 5) is 12.3. The number of carbonyl (C=O) groups excluding carboxylic acids is 1. The maximum absolute atomic E-state index is 13.7. The van der Waals surface area contributed by atoms with E-state index in [1.54, 1.807) is 12.1 Å². The Kier molecular flexibility index (Phi) is 3.22. The number of benzene rings is 2. The molecule has 0 unspecified atom stereocenters. The van der Waals surface area contributed by atoms with Gasteiger partial charge in [0, 0.05) is 23.9 Å². The monoisotopic (exact) mass is 273 g/mol. The van der Waals surface area contributed by atoms with E-state index in [4.69, 9.17) is 0 Å². The van der Waals surface area contributed by atoms with E-state index in [1.165, 1.54) is 6.07 Å². The number of aryl methyl sites for hydroxylation is 1. The first-order valence-corrected chi connectivity index (χ1v) is 6.52. The average molecular weight is 273 g/mol. The van der Waals surface area contributed by atoms with Gasteiger partial charge < -0.3 is 5.32 Å². The Balaban J connectivity index is 1.98. The lowest BCUT2D eigenvalue weighted by Crippen LogP contribution is -2.13. The third-order valence-electron chi connectivity index (χ3n) is 3.48. The molecule has 0 saturated heterocycles. The van der Waals surface area contributed by atoms with E-state index in [1.807, 2.05) is 6.07 Å². The largest absolute Gasteiger partial charge is 0.385 e. The maximum atomic E-state index is 13.7. The standard InChI is InChI=1S/C16H13F2NO/c17-12-4-5-13(14(18)9-12)16(20)11-3-6-15-10(8-11)2-1-7-19-15/h3-6,8-9,19H,1-2,7H2. The van der Waals surface area contributed by atoms with Crippen LogP contribution in [0, 0.1) is 11.6 Å². The van der Waals surface area contributed by atoms with Crippen LogP contribution in [-0.2, 0) is 6.42 Å². The van der Waals surface area contributed by atoms with Crippen LogP contribution in [0.4, 0.5) is 14.5 Å². The number of hydrogen-bond donors (Lipinski definition) is 1. The zero-order chi connectivity index (χ0) is 14.1. The second kappa shape index (κ2) is 5.04. The smallest absolute Gasteiger partial charge is 0.195 e. The summed E-state index contributed by atoms with van der Waals surface area (Å²) in [6.07, 6.45) is 1.91. The molecular formula is C16H13F2NO. The maximum Gasteiger partial charge on any atom is 0.195 e. The number of hydrogen-bond acceptors (Lipinski definition) is 2. The van der Waals surface area contributed by atoms with E-state index < -0.39 is 17.4 Å². The van der Waals surface area contributed by atoms with Gasteiger partial charge in [-0.1, -0.05) is 0 Å². The first kappa shape index (κ1) is 12.8. The van der Waals surface area contributed by atoms with Crippen LogP contribution < -0.4 is 5.32 Å². The molecule has 1 aliphatic heterocycles. The Morgan fingerprint density at radius 2 is 1.95 bits per heavy atom. The number of halogens is 2. The summed E-state index contributed by atoms with van der Waals surface area (Å²) in [5.41, 5.74) is 2.41. The highest BCUT2D eigenvalue weighted by atomic mass is 19.1. The lowest BCUT2D eigenvalue weighted by atomic mass is 9.96. The number of anilines is 1. The molecule has 0 saturated carbocycles. The molecule has 1 aliphatic rings. The molecule has 0 aliphatic carbocycles. The summed E-state index contributed by atoms with van der Waals surface area (Å²) in [7, 11) is 0. The van der Waals surface area contributed by atoms with Gasteiger partial charge in [0.15, 0.2) is 5.78 Å². The van der Waals surface area contributed by atoms with Gasteiger partial charge in [-0.05, 0) is 48.7 Å². The Labute approximate surface area is 115 Å². The Morgan fingerprint density at radius 3 is 2.75 bits per heavy atom. The molecule has 0 amide bonds. The number of nitrogens with one attached hydrogen (secondary N) is 1. The fourth-order valence-corrected chi connectivity index (χ4v) is 2.45. The molecule has 102 valence electrons. The number of rotatable bonds is 2. The van der Waals surface area contributed by atoms with Crippen molar-refractivity contribution in [1.82, 2.24) is 0 Å². The van der Waals surface area contributed by atoms with Crippen molar-refractivity contribution in [1.29, 1.82) is 0 Å². The molecule has 2 aromatic rings. The summed E-state index contributed by atoms with van der Waals surface area (Å²) < 4.78 is 26.5. The minimum atomic E-state index is -0.828. The van der Waals surface area contributed by atoms with Crippen LogP contribution in [0.5, 0.6) is 0 Å². The first-order chi connectivity index (χ1) is 9.65.